The second kappa shape index (κ2) is 10.7. The smallest absolute Gasteiger partial charge is 0.338 e. The molecular formula is C21H26N2O5S. The Labute approximate surface area is 171 Å². The Balaban J connectivity index is 1.84. The minimum atomic E-state index is -3.47. The van der Waals surface area contributed by atoms with Crippen LogP contribution in [-0.2, 0) is 26.0 Å². The third-order valence-corrected chi connectivity index (χ3v) is 5.71. The van der Waals surface area contributed by atoms with Crippen molar-refractivity contribution < 1.29 is 22.7 Å². The fourth-order valence-corrected chi connectivity index (χ4v) is 3.25. The number of amides is 1. The number of nitrogens with one attached hydrogen (secondary N) is 2. The highest BCUT2D eigenvalue weighted by Gasteiger charge is 2.11. The number of hydrogen-bond donors (Lipinski definition) is 2. The average molecular weight is 419 g/mol. The molecule has 29 heavy (non-hydrogen) atoms. The number of carbonyl (C=O) groups is 2. The van der Waals surface area contributed by atoms with Crippen LogP contribution >= 0.6 is 0 Å². The Morgan fingerprint density at radius 2 is 1.66 bits per heavy atom. The first-order valence-electron chi connectivity index (χ1n) is 9.45. The highest BCUT2D eigenvalue weighted by molar-refractivity contribution is 7.89. The second-order valence-electron chi connectivity index (χ2n) is 6.47. The van der Waals surface area contributed by atoms with E-state index in [0.29, 0.717) is 24.3 Å². The van der Waals surface area contributed by atoms with E-state index in [2.05, 4.69) is 10.0 Å². The fraction of sp³-hybridized carbons (Fsp3) is 0.333. The molecule has 0 aliphatic rings. The summed E-state index contributed by atoms with van der Waals surface area (Å²) in [5, 5.41) is 2.78. The molecule has 0 atom stereocenters. The number of sulfonamides is 1. The van der Waals surface area contributed by atoms with Crippen molar-refractivity contribution in [2.45, 2.75) is 37.5 Å². The van der Waals surface area contributed by atoms with Crippen LogP contribution in [0.25, 0.3) is 0 Å². The lowest BCUT2D eigenvalue weighted by Crippen LogP contribution is -2.18. The molecular weight excluding hydrogens is 392 g/mol. The molecule has 0 spiro atoms. The first-order valence-corrected chi connectivity index (χ1v) is 10.9. The van der Waals surface area contributed by atoms with E-state index in [1.807, 2.05) is 6.92 Å². The molecule has 1 amide bonds. The number of esters is 1. The Morgan fingerprint density at radius 3 is 2.24 bits per heavy atom. The third kappa shape index (κ3) is 6.99. The van der Waals surface area contributed by atoms with E-state index in [9.17, 15) is 18.0 Å². The number of aryl methyl sites for hydroxylation is 1. The number of benzene rings is 2. The monoisotopic (exact) mass is 418 g/mol. The molecule has 0 aliphatic heterocycles. The SMILES string of the molecule is CCCCOC(=O)c1ccc(NC(=O)CCc2ccc(S(=O)(=O)NC)cc2)cc1. The molecule has 0 aliphatic carbocycles. The van der Waals surface area contributed by atoms with Gasteiger partial charge in [0.25, 0.3) is 0 Å². The molecule has 0 bridgehead atoms. The van der Waals surface area contributed by atoms with Gasteiger partial charge in [0.1, 0.15) is 0 Å². The van der Waals surface area contributed by atoms with Gasteiger partial charge >= 0.3 is 5.97 Å². The van der Waals surface area contributed by atoms with Crippen LogP contribution in [0.5, 0.6) is 0 Å². The summed E-state index contributed by atoms with van der Waals surface area (Å²) in [7, 11) is -2.11. The van der Waals surface area contributed by atoms with Crippen molar-refractivity contribution in [1.29, 1.82) is 0 Å². The van der Waals surface area contributed by atoms with E-state index in [1.54, 1.807) is 36.4 Å². The Hall–Kier alpha value is -2.71. The van der Waals surface area contributed by atoms with Crippen LogP contribution in [0.2, 0.25) is 0 Å². The van der Waals surface area contributed by atoms with Crippen LogP contribution in [0.1, 0.15) is 42.1 Å². The van der Waals surface area contributed by atoms with Crippen molar-refractivity contribution in [1.82, 2.24) is 4.72 Å². The molecule has 8 heteroatoms. The largest absolute Gasteiger partial charge is 0.462 e. The summed E-state index contributed by atoms with van der Waals surface area (Å²) in [6.45, 7) is 2.42. The van der Waals surface area contributed by atoms with Gasteiger partial charge in [-0.25, -0.2) is 17.9 Å². The number of rotatable bonds is 10. The van der Waals surface area contributed by atoms with Gasteiger partial charge in [-0.05, 0) is 61.9 Å². The first-order chi connectivity index (χ1) is 13.9. The highest BCUT2D eigenvalue weighted by atomic mass is 32.2. The van der Waals surface area contributed by atoms with E-state index in [-0.39, 0.29) is 23.2 Å². The van der Waals surface area contributed by atoms with Crippen LogP contribution in [-0.4, -0.2) is 33.9 Å². The zero-order valence-electron chi connectivity index (χ0n) is 16.6. The minimum Gasteiger partial charge on any atom is -0.462 e. The Bertz CT molecular complexity index is 923. The van der Waals surface area contributed by atoms with E-state index in [4.69, 9.17) is 4.74 Å². The summed E-state index contributed by atoms with van der Waals surface area (Å²) < 4.78 is 30.8. The van der Waals surface area contributed by atoms with Gasteiger partial charge in [0.05, 0.1) is 17.1 Å². The maximum absolute atomic E-state index is 12.1. The van der Waals surface area contributed by atoms with Gasteiger partial charge in [0, 0.05) is 12.1 Å². The van der Waals surface area contributed by atoms with Gasteiger partial charge in [-0.15, -0.1) is 0 Å². The van der Waals surface area contributed by atoms with Crippen molar-refractivity contribution in [2.75, 3.05) is 19.0 Å². The van der Waals surface area contributed by atoms with E-state index in [1.165, 1.54) is 19.2 Å². The second-order valence-corrected chi connectivity index (χ2v) is 8.35. The molecule has 0 aromatic heterocycles. The van der Waals surface area contributed by atoms with Gasteiger partial charge in [0.2, 0.25) is 15.9 Å². The maximum Gasteiger partial charge on any atom is 0.338 e. The number of unbranched alkanes of at least 4 members (excludes halogenated alkanes) is 1. The number of hydrogen-bond acceptors (Lipinski definition) is 5. The highest BCUT2D eigenvalue weighted by Crippen LogP contribution is 2.14. The van der Waals surface area contributed by atoms with Crippen molar-refractivity contribution in [2.24, 2.45) is 0 Å². The predicted octanol–water partition coefficient (Wildman–Crippen LogP) is 3.12. The van der Waals surface area contributed by atoms with Crippen molar-refractivity contribution in [3.05, 3.63) is 59.7 Å². The molecule has 2 aromatic carbocycles. The standard InChI is InChI=1S/C21H26N2O5S/c1-3-4-15-28-21(25)17-8-10-18(11-9-17)23-20(24)14-7-16-5-12-19(13-6-16)29(26,27)22-2/h5-6,8-13,22H,3-4,7,14-15H2,1-2H3,(H,23,24). The lowest BCUT2D eigenvalue weighted by atomic mass is 10.1. The van der Waals surface area contributed by atoms with Gasteiger partial charge in [-0.2, -0.15) is 0 Å². The van der Waals surface area contributed by atoms with Crippen LogP contribution in [0.4, 0.5) is 5.69 Å². The number of anilines is 1. The summed E-state index contributed by atoms with van der Waals surface area (Å²) in [4.78, 5) is 24.2. The van der Waals surface area contributed by atoms with Crippen LogP contribution < -0.4 is 10.0 Å². The molecule has 0 fully saturated rings. The molecule has 2 rings (SSSR count). The van der Waals surface area contributed by atoms with E-state index >= 15 is 0 Å². The quantitative estimate of drug-likeness (QED) is 0.456. The predicted molar refractivity (Wildman–Crippen MR) is 111 cm³/mol. The summed E-state index contributed by atoms with van der Waals surface area (Å²) in [5.74, 6) is -0.546. The van der Waals surface area contributed by atoms with Crippen molar-refractivity contribution in [3.8, 4) is 0 Å². The van der Waals surface area contributed by atoms with Gasteiger partial charge in [-0.1, -0.05) is 25.5 Å². The van der Waals surface area contributed by atoms with Crippen molar-refractivity contribution >= 4 is 27.6 Å². The summed E-state index contributed by atoms with van der Waals surface area (Å²) in [5.41, 5.74) is 1.90. The molecule has 0 saturated carbocycles. The van der Waals surface area contributed by atoms with Gasteiger partial charge in [0.15, 0.2) is 0 Å². The Kier molecular flexibility index (Phi) is 8.35. The molecule has 0 radical (unpaired) electrons. The minimum absolute atomic E-state index is 0.171. The molecule has 0 saturated heterocycles. The first kappa shape index (κ1) is 22.6. The lowest BCUT2D eigenvalue weighted by Gasteiger charge is -2.08. The average Bonchev–Trinajstić information content (AvgIpc) is 2.73. The molecule has 0 unspecified atom stereocenters. The van der Waals surface area contributed by atoms with Crippen molar-refractivity contribution in [3.63, 3.8) is 0 Å². The lowest BCUT2D eigenvalue weighted by molar-refractivity contribution is -0.116. The summed E-state index contributed by atoms with van der Waals surface area (Å²) in [6, 6.07) is 13.0. The summed E-state index contributed by atoms with van der Waals surface area (Å²) in [6.07, 6.45) is 2.51. The topological polar surface area (TPSA) is 102 Å². The zero-order valence-corrected chi connectivity index (χ0v) is 17.4. The summed E-state index contributed by atoms with van der Waals surface area (Å²) >= 11 is 0. The molecule has 2 N–H and O–H groups in total. The number of ether oxygens (including phenoxy) is 1. The zero-order chi connectivity index (χ0) is 21.3. The Morgan fingerprint density at radius 1 is 1.00 bits per heavy atom. The van der Waals surface area contributed by atoms with Gasteiger partial charge in [-0.3, -0.25) is 4.79 Å². The van der Waals surface area contributed by atoms with E-state index < -0.39 is 10.0 Å². The number of carbonyl (C=O) groups excluding carboxylic acids is 2. The molecule has 0 heterocycles. The van der Waals surface area contributed by atoms with Gasteiger partial charge < -0.3 is 10.1 Å². The fourth-order valence-electron chi connectivity index (χ4n) is 2.52. The normalized spacial score (nSPS) is 11.1. The van der Waals surface area contributed by atoms with Crippen LogP contribution in [0.15, 0.2) is 53.4 Å². The molecule has 2 aromatic rings. The molecule has 156 valence electrons. The van der Waals surface area contributed by atoms with Crippen LogP contribution in [0.3, 0.4) is 0 Å². The third-order valence-electron chi connectivity index (χ3n) is 4.28. The van der Waals surface area contributed by atoms with Crippen LogP contribution in [0, 0.1) is 0 Å². The molecule has 7 nitrogen and oxygen atoms in total. The van der Waals surface area contributed by atoms with E-state index in [0.717, 1.165) is 18.4 Å². The maximum atomic E-state index is 12.1.